The number of hydrogen-bond donors (Lipinski definition) is 1. The van der Waals surface area contributed by atoms with E-state index >= 15 is 0 Å². The zero-order valence-corrected chi connectivity index (χ0v) is 11.8. The molecule has 0 aliphatic rings. The molecule has 1 nitrogen and oxygen atoms in total. The van der Waals surface area contributed by atoms with E-state index < -0.39 is 0 Å². The highest BCUT2D eigenvalue weighted by atomic mass is 19.1. The number of alkyl halides is 1. The number of rotatable bonds is 14. The van der Waals surface area contributed by atoms with Crippen LogP contribution in [0.15, 0.2) is 0 Å². The Morgan fingerprint density at radius 2 is 1.12 bits per heavy atom. The maximum Gasteiger partial charge on any atom is 0.0894 e. The fourth-order valence-corrected chi connectivity index (χ4v) is 2.03. The second-order valence-corrected chi connectivity index (χ2v) is 4.97. The lowest BCUT2D eigenvalue weighted by molar-refractivity contribution is 0.453. The van der Waals surface area contributed by atoms with Crippen molar-refractivity contribution in [3.63, 3.8) is 0 Å². The average molecular weight is 245 g/mol. The Hall–Kier alpha value is -0.110. The molecule has 0 amide bonds. The molecule has 0 fully saturated rings. The van der Waals surface area contributed by atoms with Crippen molar-refractivity contribution in [2.75, 3.05) is 19.8 Å². The highest BCUT2D eigenvalue weighted by Gasteiger charge is 1.92. The van der Waals surface area contributed by atoms with Gasteiger partial charge < -0.3 is 5.32 Å². The van der Waals surface area contributed by atoms with Crippen molar-refractivity contribution in [2.45, 2.75) is 77.6 Å². The minimum atomic E-state index is -0.167. The van der Waals surface area contributed by atoms with Gasteiger partial charge >= 0.3 is 0 Å². The number of hydrogen-bond acceptors (Lipinski definition) is 1. The minimum Gasteiger partial charge on any atom is -0.317 e. The Kier molecular flexibility index (Phi) is 15.8. The van der Waals surface area contributed by atoms with Crippen LogP contribution in [-0.2, 0) is 0 Å². The Balaban J connectivity index is 2.85. The van der Waals surface area contributed by atoms with Crippen molar-refractivity contribution in [1.82, 2.24) is 5.32 Å². The van der Waals surface area contributed by atoms with Crippen molar-refractivity contribution < 1.29 is 4.39 Å². The molecular formula is C15H32FN. The zero-order chi connectivity index (χ0) is 12.6. The highest BCUT2D eigenvalue weighted by Crippen LogP contribution is 2.09. The van der Waals surface area contributed by atoms with Crippen molar-refractivity contribution in [2.24, 2.45) is 0 Å². The summed E-state index contributed by atoms with van der Waals surface area (Å²) in [4.78, 5) is 0. The molecule has 0 aromatic heterocycles. The van der Waals surface area contributed by atoms with Gasteiger partial charge in [-0.3, -0.25) is 4.39 Å². The van der Waals surface area contributed by atoms with Gasteiger partial charge in [0.15, 0.2) is 0 Å². The number of nitrogens with one attached hydrogen (secondary N) is 1. The molecule has 0 aliphatic heterocycles. The molecular weight excluding hydrogens is 213 g/mol. The van der Waals surface area contributed by atoms with Crippen molar-refractivity contribution in [3.05, 3.63) is 0 Å². The normalized spacial score (nSPS) is 10.9. The summed E-state index contributed by atoms with van der Waals surface area (Å²) in [6, 6.07) is 0. The van der Waals surface area contributed by atoms with Crippen LogP contribution in [0, 0.1) is 0 Å². The molecule has 17 heavy (non-hydrogen) atoms. The Morgan fingerprint density at radius 3 is 1.65 bits per heavy atom. The van der Waals surface area contributed by atoms with Gasteiger partial charge in [-0.1, -0.05) is 58.3 Å². The summed E-state index contributed by atoms with van der Waals surface area (Å²) < 4.78 is 11.8. The molecule has 0 bridgehead atoms. The second-order valence-electron chi connectivity index (χ2n) is 4.97. The fourth-order valence-electron chi connectivity index (χ4n) is 2.03. The number of halogens is 1. The SMILES string of the molecule is CCCCCCCCCCCNCCCCF. The van der Waals surface area contributed by atoms with Crippen LogP contribution in [0.5, 0.6) is 0 Å². The summed E-state index contributed by atoms with van der Waals surface area (Å²) in [5, 5.41) is 3.37. The van der Waals surface area contributed by atoms with Gasteiger partial charge in [0.25, 0.3) is 0 Å². The monoisotopic (exact) mass is 245 g/mol. The first-order valence-electron chi connectivity index (χ1n) is 7.68. The van der Waals surface area contributed by atoms with Crippen molar-refractivity contribution in [1.29, 1.82) is 0 Å². The van der Waals surface area contributed by atoms with E-state index in [1.807, 2.05) is 0 Å². The van der Waals surface area contributed by atoms with Gasteiger partial charge in [0.05, 0.1) is 6.67 Å². The predicted octanol–water partition coefficient (Wildman–Crippen LogP) is 4.86. The lowest BCUT2D eigenvalue weighted by atomic mass is 10.1. The Morgan fingerprint density at radius 1 is 0.647 bits per heavy atom. The quantitative estimate of drug-likeness (QED) is 0.431. The molecule has 1 N–H and O–H groups in total. The summed E-state index contributed by atoms with van der Waals surface area (Å²) in [5.41, 5.74) is 0. The van der Waals surface area contributed by atoms with E-state index in [9.17, 15) is 4.39 Å². The van der Waals surface area contributed by atoms with Gasteiger partial charge in [-0.2, -0.15) is 0 Å². The van der Waals surface area contributed by atoms with E-state index in [1.165, 1.54) is 57.8 Å². The van der Waals surface area contributed by atoms with Crippen LogP contribution in [0.3, 0.4) is 0 Å². The number of unbranched alkanes of at least 4 members (excludes halogenated alkanes) is 9. The third-order valence-electron chi connectivity index (χ3n) is 3.19. The Labute approximate surface area is 108 Å². The molecule has 0 rings (SSSR count). The van der Waals surface area contributed by atoms with Gasteiger partial charge in [-0.05, 0) is 32.4 Å². The van der Waals surface area contributed by atoms with Crippen LogP contribution in [-0.4, -0.2) is 19.8 Å². The Bertz CT molecular complexity index is 114. The van der Waals surface area contributed by atoms with E-state index in [0.29, 0.717) is 6.42 Å². The molecule has 0 spiro atoms. The van der Waals surface area contributed by atoms with Crippen LogP contribution in [0.2, 0.25) is 0 Å². The first kappa shape index (κ1) is 16.9. The van der Waals surface area contributed by atoms with Crippen LogP contribution in [0.25, 0.3) is 0 Å². The first-order valence-corrected chi connectivity index (χ1v) is 7.68. The van der Waals surface area contributed by atoms with E-state index in [-0.39, 0.29) is 6.67 Å². The van der Waals surface area contributed by atoms with E-state index in [1.54, 1.807) is 0 Å². The van der Waals surface area contributed by atoms with E-state index in [0.717, 1.165) is 19.5 Å². The van der Waals surface area contributed by atoms with Crippen LogP contribution >= 0.6 is 0 Å². The van der Waals surface area contributed by atoms with Crippen LogP contribution in [0.1, 0.15) is 77.6 Å². The molecule has 104 valence electrons. The van der Waals surface area contributed by atoms with Gasteiger partial charge in [-0.25, -0.2) is 0 Å². The molecule has 2 heteroatoms. The summed E-state index contributed by atoms with van der Waals surface area (Å²) in [7, 11) is 0. The summed E-state index contributed by atoms with van der Waals surface area (Å²) in [6.07, 6.45) is 14.1. The molecule has 0 saturated heterocycles. The lowest BCUT2D eigenvalue weighted by Crippen LogP contribution is -2.16. The molecule has 0 saturated carbocycles. The first-order chi connectivity index (χ1) is 8.41. The van der Waals surface area contributed by atoms with Gasteiger partial charge in [-0.15, -0.1) is 0 Å². The minimum absolute atomic E-state index is 0.167. The average Bonchev–Trinajstić information content (AvgIpc) is 2.35. The molecule has 0 radical (unpaired) electrons. The maximum absolute atomic E-state index is 11.8. The van der Waals surface area contributed by atoms with Crippen molar-refractivity contribution >= 4 is 0 Å². The predicted molar refractivity (Wildman–Crippen MR) is 75.3 cm³/mol. The lowest BCUT2D eigenvalue weighted by Gasteiger charge is -2.04. The smallest absolute Gasteiger partial charge is 0.0894 e. The zero-order valence-electron chi connectivity index (χ0n) is 11.8. The van der Waals surface area contributed by atoms with E-state index in [4.69, 9.17) is 0 Å². The van der Waals surface area contributed by atoms with Gasteiger partial charge in [0.2, 0.25) is 0 Å². The van der Waals surface area contributed by atoms with Gasteiger partial charge in [0.1, 0.15) is 0 Å². The molecule has 0 heterocycles. The van der Waals surface area contributed by atoms with Crippen molar-refractivity contribution in [3.8, 4) is 0 Å². The largest absolute Gasteiger partial charge is 0.317 e. The third-order valence-corrected chi connectivity index (χ3v) is 3.19. The summed E-state index contributed by atoms with van der Waals surface area (Å²) in [6.45, 7) is 4.20. The third kappa shape index (κ3) is 15.9. The molecule has 0 atom stereocenters. The second kappa shape index (κ2) is 15.9. The van der Waals surface area contributed by atoms with E-state index in [2.05, 4.69) is 12.2 Å². The van der Waals surface area contributed by atoms with Crippen LogP contribution in [0.4, 0.5) is 4.39 Å². The molecule has 0 aliphatic carbocycles. The summed E-state index contributed by atoms with van der Waals surface area (Å²) >= 11 is 0. The topological polar surface area (TPSA) is 12.0 Å². The van der Waals surface area contributed by atoms with Crippen LogP contribution < -0.4 is 5.32 Å². The standard InChI is InChI=1S/C15H32FN/c1-2-3-4-5-6-7-8-9-11-14-17-15-12-10-13-16/h17H,2-15H2,1H3. The maximum atomic E-state index is 11.8. The van der Waals surface area contributed by atoms with Gasteiger partial charge in [0, 0.05) is 0 Å². The molecule has 0 aromatic rings. The molecule has 0 aromatic carbocycles. The molecule has 0 unspecified atom stereocenters. The summed E-state index contributed by atoms with van der Waals surface area (Å²) in [5.74, 6) is 0. The highest BCUT2D eigenvalue weighted by molar-refractivity contribution is 4.51. The fraction of sp³-hybridized carbons (Fsp3) is 1.00.